The van der Waals surface area contributed by atoms with Crippen molar-refractivity contribution in [3.05, 3.63) is 23.8 Å². The maximum absolute atomic E-state index is 12.6. The van der Waals surface area contributed by atoms with Gasteiger partial charge < -0.3 is 10.5 Å². The molecule has 19 heavy (non-hydrogen) atoms. The van der Waals surface area contributed by atoms with Gasteiger partial charge in [0.25, 0.3) is 0 Å². The third-order valence-electron chi connectivity index (χ3n) is 3.53. The van der Waals surface area contributed by atoms with Crippen molar-refractivity contribution in [2.75, 3.05) is 42.9 Å². The highest BCUT2D eigenvalue weighted by Crippen LogP contribution is 2.32. The molecule has 6 nitrogen and oxygen atoms in total. The number of anilines is 2. The van der Waals surface area contributed by atoms with Gasteiger partial charge in [0, 0.05) is 25.3 Å². The highest BCUT2D eigenvalue weighted by molar-refractivity contribution is 7.90. The highest BCUT2D eigenvalue weighted by atomic mass is 32.2. The van der Waals surface area contributed by atoms with E-state index in [9.17, 15) is 8.42 Å². The summed E-state index contributed by atoms with van der Waals surface area (Å²) in [5.41, 5.74) is 8.15. The molecule has 0 radical (unpaired) electrons. The molecule has 0 bridgehead atoms. The van der Waals surface area contributed by atoms with E-state index in [1.165, 1.54) is 8.61 Å². The Kier molecular flexibility index (Phi) is 3.12. The van der Waals surface area contributed by atoms with Gasteiger partial charge in [0.2, 0.25) is 0 Å². The molecule has 7 heteroatoms. The van der Waals surface area contributed by atoms with E-state index in [4.69, 9.17) is 10.5 Å². The van der Waals surface area contributed by atoms with Crippen LogP contribution in [-0.2, 0) is 21.4 Å². The van der Waals surface area contributed by atoms with Crippen LogP contribution in [0.15, 0.2) is 18.2 Å². The Morgan fingerprint density at radius 2 is 1.89 bits per heavy atom. The number of rotatable bonds is 2. The number of nitrogens with zero attached hydrogens (tertiary/aromatic N) is 2. The molecule has 1 aromatic rings. The maximum atomic E-state index is 12.6. The van der Waals surface area contributed by atoms with E-state index < -0.39 is 10.2 Å². The Balaban J connectivity index is 1.92. The number of benzene rings is 1. The molecule has 0 saturated carbocycles. The Labute approximate surface area is 112 Å². The Hall–Kier alpha value is -1.31. The van der Waals surface area contributed by atoms with Gasteiger partial charge >= 0.3 is 10.2 Å². The lowest BCUT2D eigenvalue weighted by molar-refractivity contribution is 0.0729. The molecule has 0 unspecified atom stereocenters. The fourth-order valence-electron chi connectivity index (χ4n) is 2.55. The first-order valence-corrected chi connectivity index (χ1v) is 7.73. The summed E-state index contributed by atoms with van der Waals surface area (Å²) in [5, 5.41) is 0. The third kappa shape index (κ3) is 2.18. The first kappa shape index (κ1) is 12.7. The average Bonchev–Trinajstić information content (AvgIpc) is 2.83. The summed E-state index contributed by atoms with van der Waals surface area (Å²) in [5.74, 6) is 0. The van der Waals surface area contributed by atoms with Crippen LogP contribution in [0, 0.1) is 0 Å². The van der Waals surface area contributed by atoms with E-state index in [1.54, 1.807) is 12.1 Å². The topological polar surface area (TPSA) is 75.9 Å². The van der Waals surface area contributed by atoms with Crippen LogP contribution in [0.1, 0.15) is 5.56 Å². The summed E-state index contributed by atoms with van der Waals surface area (Å²) in [6.07, 6.45) is 0.712. The zero-order chi connectivity index (χ0) is 13.5. The van der Waals surface area contributed by atoms with Gasteiger partial charge in [0.1, 0.15) is 0 Å². The van der Waals surface area contributed by atoms with Gasteiger partial charge in [-0.25, -0.2) is 0 Å². The molecule has 2 heterocycles. The Morgan fingerprint density at radius 3 is 2.63 bits per heavy atom. The summed E-state index contributed by atoms with van der Waals surface area (Å²) in [6.45, 7) is 2.24. The van der Waals surface area contributed by atoms with Crippen molar-refractivity contribution >= 4 is 21.6 Å². The van der Waals surface area contributed by atoms with Crippen LogP contribution in [0.3, 0.4) is 0 Å². The van der Waals surface area contributed by atoms with Crippen molar-refractivity contribution in [1.29, 1.82) is 0 Å². The van der Waals surface area contributed by atoms with Crippen molar-refractivity contribution in [1.82, 2.24) is 4.31 Å². The van der Waals surface area contributed by atoms with Crippen LogP contribution in [0.4, 0.5) is 11.4 Å². The fraction of sp³-hybridized carbons (Fsp3) is 0.500. The van der Waals surface area contributed by atoms with Crippen molar-refractivity contribution in [3.63, 3.8) is 0 Å². The summed E-state index contributed by atoms with van der Waals surface area (Å²) < 4.78 is 33.4. The van der Waals surface area contributed by atoms with Gasteiger partial charge in [-0.05, 0) is 30.2 Å². The van der Waals surface area contributed by atoms with Crippen LogP contribution >= 0.6 is 0 Å². The van der Waals surface area contributed by atoms with E-state index in [0.717, 1.165) is 11.3 Å². The largest absolute Gasteiger partial charge is 0.399 e. The molecule has 3 rings (SSSR count). The molecular weight excluding hydrogens is 266 g/mol. The van der Waals surface area contributed by atoms with Gasteiger partial charge in [-0.15, -0.1) is 0 Å². The molecule has 2 aliphatic heterocycles. The van der Waals surface area contributed by atoms with Crippen LogP contribution < -0.4 is 10.0 Å². The number of hydrogen-bond acceptors (Lipinski definition) is 4. The molecule has 0 amide bonds. The molecule has 1 fully saturated rings. The highest BCUT2D eigenvalue weighted by Gasteiger charge is 2.35. The van der Waals surface area contributed by atoms with E-state index >= 15 is 0 Å². The first-order chi connectivity index (χ1) is 9.09. The lowest BCUT2D eigenvalue weighted by atomic mass is 10.1. The standard InChI is InChI=1S/C12H17N3O3S/c13-11-1-2-12-10(9-11)3-4-15(12)19(16,17)14-5-7-18-8-6-14/h1-2,9H,3-8,13H2. The van der Waals surface area contributed by atoms with Crippen LogP contribution in [0.2, 0.25) is 0 Å². The summed E-state index contributed by atoms with van der Waals surface area (Å²) >= 11 is 0. The SMILES string of the molecule is Nc1ccc2c(c1)CCN2S(=O)(=O)N1CCOCC1. The fourth-order valence-corrected chi connectivity index (χ4v) is 4.19. The first-order valence-electron chi connectivity index (χ1n) is 6.33. The average molecular weight is 283 g/mol. The van der Waals surface area contributed by atoms with Gasteiger partial charge in [-0.1, -0.05) is 0 Å². The zero-order valence-electron chi connectivity index (χ0n) is 10.6. The second-order valence-corrected chi connectivity index (χ2v) is 6.58. The number of morpholine rings is 1. The van der Waals surface area contributed by atoms with Crippen LogP contribution in [-0.4, -0.2) is 45.6 Å². The monoisotopic (exact) mass is 283 g/mol. The molecule has 2 aliphatic rings. The molecule has 0 atom stereocenters. The number of hydrogen-bond donors (Lipinski definition) is 1. The molecule has 104 valence electrons. The maximum Gasteiger partial charge on any atom is 0.304 e. The molecular formula is C12H17N3O3S. The smallest absolute Gasteiger partial charge is 0.304 e. The quantitative estimate of drug-likeness (QED) is 0.787. The zero-order valence-corrected chi connectivity index (χ0v) is 11.4. The predicted octanol–water partition coefficient (Wildman–Crippen LogP) is 0.208. The summed E-state index contributed by atoms with van der Waals surface area (Å²) in [4.78, 5) is 0. The number of nitrogens with two attached hydrogens (primary N) is 1. The summed E-state index contributed by atoms with van der Waals surface area (Å²) in [6, 6.07) is 5.38. The lowest BCUT2D eigenvalue weighted by Gasteiger charge is -2.31. The second-order valence-electron chi connectivity index (χ2n) is 4.73. The minimum atomic E-state index is -3.44. The van der Waals surface area contributed by atoms with Crippen molar-refractivity contribution in [2.24, 2.45) is 0 Å². The summed E-state index contributed by atoms with van der Waals surface area (Å²) in [7, 11) is -3.44. The second kappa shape index (κ2) is 4.66. The van der Waals surface area contributed by atoms with E-state index in [0.29, 0.717) is 45.0 Å². The molecule has 0 aromatic heterocycles. The molecule has 1 saturated heterocycles. The lowest BCUT2D eigenvalue weighted by Crippen LogP contribution is -2.48. The number of fused-ring (bicyclic) bond motifs is 1. The van der Waals surface area contributed by atoms with Crippen molar-refractivity contribution < 1.29 is 13.2 Å². The van der Waals surface area contributed by atoms with Gasteiger partial charge in [0.05, 0.1) is 18.9 Å². The number of ether oxygens (including phenoxy) is 1. The van der Waals surface area contributed by atoms with Crippen LogP contribution in [0.5, 0.6) is 0 Å². The minimum absolute atomic E-state index is 0.420. The van der Waals surface area contributed by atoms with Crippen LogP contribution in [0.25, 0.3) is 0 Å². The van der Waals surface area contributed by atoms with Gasteiger partial charge in [-0.3, -0.25) is 4.31 Å². The van der Waals surface area contributed by atoms with Gasteiger partial charge in [0.15, 0.2) is 0 Å². The van der Waals surface area contributed by atoms with E-state index in [2.05, 4.69) is 0 Å². The van der Waals surface area contributed by atoms with E-state index in [-0.39, 0.29) is 0 Å². The molecule has 2 N–H and O–H groups in total. The normalized spacial score (nSPS) is 20.5. The number of nitrogen functional groups attached to an aromatic ring is 1. The molecule has 0 spiro atoms. The third-order valence-corrected chi connectivity index (χ3v) is 5.49. The molecule has 1 aromatic carbocycles. The van der Waals surface area contributed by atoms with Crippen molar-refractivity contribution in [3.8, 4) is 0 Å². The molecule has 0 aliphatic carbocycles. The minimum Gasteiger partial charge on any atom is -0.399 e. The Morgan fingerprint density at radius 1 is 1.16 bits per heavy atom. The van der Waals surface area contributed by atoms with Crippen molar-refractivity contribution in [2.45, 2.75) is 6.42 Å². The van der Waals surface area contributed by atoms with Gasteiger partial charge in [-0.2, -0.15) is 12.7 Å². The predicted molar refractivity (Wildman–Crippen MR) is 73.2 cm³/mol. The van der Waals surface area contributed by atoms with E-state index in [1.807, 2.05) is 6.07 Å². The Bertz CT molecular complexity index is 582.